The fourth-order valence-corrected chi connectivity index (χ4v) is 5.30. The van der Waals surface area contributed by atoms with E-state index in [1.165, 1.54) is 16.2 Å². The lowest BCUT2D eigenvalue weighted by Gasteiger charge is -2.27. The molecule has 0 aromatic carbocycles. The molecule has 1 aliphatic carbocycles. The van der Waals surface area contributed by atoms with E-state index in [1.54, 1.807) is 11.3 Å². The van der Waals surface area contributed by atoms with E-state index in [0.29, 0.717) is 24.6 Å². The number of carbonyl (C=O) groups is 1. The van der Waals surface area contributed by atoms with Gasteiger partial charge >= 0.3 is 5.97 Å². The highest BCUT2D eigenvalue weighted by molar-refractivity contribution is 7.14. The van der Waals surface area contributed by atoms with E-state index in [9.17, 15) is 13.6 Å². The normalized spacial score (nSPS) is 19.1. The average Bonchev–Trinajstić information content (AvgIpc) is 3.27. The fourth-order valence-electron chi connectivity index (χ4n) is 3.39. The van der Waals surface area contributed by atoms with Crippen molar-refractivity contribution in [3.8, 4) is 0 Å². The second-order valence-electron chi connectivity index (χ2n) is 6.99. The maximum Gasteiger partial charge on any atom is 0.305 e. The molecule has 0 saturated heterocycles. The first-order valence-corrected chi connectivity index (χ1v) is 10.9. The van der Waals surface area contributed by atoms with Gasteiger partial charge in [0.1, 0.15) is 0 Å². The van der Waals surface area contributed by atoms with Crippen LogP contribution in [-0.4, -0.2) is 28.5 Å². The van der Waals surface area contributed by atoms with E-state index in [0.717, 1.165) is 23.4 Å². The summed E-state index contributed by atoms with van der Waals surface area (Å²) in [5.74, 6) is -3.68. The molecule has 27 heavy (non-hydrogen) atoms. The molecule has 0 radical (unpaired) electrons. The highest BCUT2D eigenvalue weighted by Gasteiger charge is 2.37. The maximum atomic E-state index is 13.7. The molecule has 0 amide bonds. The molecular formula is C19H24F2N2O2S2. The number of aromatic nitrogens is 1. The lowest BCUT2D eigenvalue weighted by molar-refractivity contribution is -0.136. The maximum absolute atomic E-state index is 13.7. The van der Waals surface area contributed by atoms with Crippen molar-refractivity contribution in [3.05, 3.63) is 33.0 Å². The van der Waals surface area contributed by atoms with E-state index in [2.05, 4.69) is 24.0 Å². The number of thiophene rings is 1. The summed E-state index contributed by atoms with van der Waals surface area (Å²) >= 11 is 3.13. The van der Waals surface area contributed by atoms with Gasteiger partial charge in [-0.25, -0.2) is 13.8 Å². The van der Waals surface area contributed by atoms with Crippen LogP contribution < -0.4 is 4.90 Å². The van der Waals surface area contributed by atoms with E-state index in [1.807, 2.05) is 10.3 Å². The van der Waals surface area contributed by atoms with Gasteiger partial charge in [-0.15, -0.1) is 22.7 Å². The molecule has 3 rings (SSSR count). The van der Waals surface area contributed by atoms with Crippen molar-refractivity contribution >= 4 is 33.8 Å². The summed E-state index contributed by atoms with van der Waals surface area (Å²) in [4.78, 5) is 20.0. The molecule has 0 bridgehead atoms. The third-order valence-corrected chi connectivity index (χ3v) is 6.98. The molecule has 0 aliphatic heterocycles. The number of hydrogen-bond donors (Lipinski definition) is 1. The quantitative estimate of drug-likeness (QED) is 0.616. The van der Waals surface area contributed by atoms with E-state index >= 15 is 0 Å². The lowest BCUT2D eigenvalue weighted by Crippen LogP contribution is -2.26. The molecule has 0 spiro atoms. The molecule has 1 fully saturated rings. The van der Waals surface area contributed by atoms with Crippen LogP contribution in [0, 0.1) is 0 Å². The summed E-state index contributed by atoms with van der Waals surface area (Å²) in [7, 11) is 0. The Labute approximate surface area is 165 Å². The molecule has 1 unspecified atom stereocenters. The number of aliphatic carboxylic acids is 1. The molecule has 2 aromatic heterocycles. The predicted molar refractivity (Wildman–Crippen MR) is 105 cm³/mol. The Morgan fingerprint density at radius 1 is 1.41 bits per heavy atom. The van der Waals surface area contributed by atoms with Crippen molar-refractivity contribution in [2.45, 2.75) is 63.8 Å². The Morgan fingerprint density at radius 3 is 2.85 bits per heavy atom. The van der Waals surface area contributed by atoms with Crippen LogP contribution in [0.3, 0.4) is 0 Å². The first kappa shape index (κ1) is 20.2. The second kappa shape index (κ2) is 8.65. The van der Waals surface area contributed by atoms with Gasteiger partial charge in [0.05, 0.1) is 18.7 Å². The van der Waals surface area contributed by atoms with Crippen LogP contribution in [0.15, 0.2) is 17.5 Å². The van der Waals surface area contributed by atoms with Gasteiger partial charge in [0.15, 0.2) is 5.13 Å². The van der Waals surface area contributed by atoms with Crippen molar-refractivity contribution in [1.29, 1.82) is 0 Å². The first-order valence-electron chi connectivity index (χ1n) is 9.24. The summed E-state index contributed by atoms with van der Waals surface area (Å²) < 4.78 is 27.5. The van der Waals surface area contributed by atoms with Gasteiger partial charge in [0.25, 0.3) is 0 Å². The van der Waals surface area contributed by atoms with Crippen LogP contribution in [0.2, 0.25) is 0 Å². The van der Waals surface area contributed by atoms with Crippen molar-refractivity contribution < 1.29 is 18.7 Å². The van der Waals surface area contributed by atoms with Gasteiger partial charge in [0.2, 0.25) is 5.92 Å². The zero-order valence-corrected chi connectivity index (χ0v) is 16.9. The summed E-state index contributed by atoms with van der Waals surface area (Å²) in [6, 6.07) is 4.15. The van der Waals surface area contributed by atoms with E-state index in [-0.39, 0.29) is 25.2 Å². The second-order valence-corrected chi connectivity index (χ2v) is 9.08. The molecule has 8 heteroatoms. The van der Waals surface area contributed by atoms with Crippen molar-refractivity contribution in [1.82, 2.24) is 4.98 Å². The monoisotopic (exact) mass is 414 g/mol. The number of carboxylic acids is 1. The minimum absolute atomic E-state index is 0.0163. The molecular weight excluding hydrogens is 390 g/mol. The third kappa shape index (κ3) is 5.48. The highest BCUT2D eigenvalue weighted by atomic mass is 32.1. The van der Waals surface area contributed by atoms with Crippen molar-refractivity contribution in [2.24, 2.45) is 0 Å². The predicted octanol–water partition coefficient (Wildman–Crippen LogP) is 5.54. The average molecular weight is 415 g/mol. The van der Waals surface area contributed by atoms with Crippen LogP contribution >= 0.6 is 22.7 Å². The van der Waals surface area contributed by atoms with Crippen LogP contribution in [0.1, 0.15) is 60.4 Å². The van der Waals surface area contributed by atoms with Crippen LogP contribution in [0.5, 0.6) is 0 Å². The van der Waals surface area contributed by atoms with Gasteiger partial charge in [-0.05, 0) is 31.4 Å². The molecule has 1 saturated carbocycles. The van der Waals surface area contributed by atoms with Gasteiger partial charge in [-0.3, -0.25) is 4.79 Å². The first-order chi connectivity index (χ1) is 12.9. The number of anilines is 1. The summed E-state index contributed by atoms with van der Waals surface area (Å²) in [6.45, 7) is 3.04. The van der Waals surface area contributed by atoms with Gasteiger partial charge in [0, 0.05) is 40.4 Å². The highest BCUT2D eigenvalue weighted by Crippen LogP contribution is 2.42. The number of nitrogens with zero attached hydrogens (tertiary/aromatic N) is 2. The Balaban J connectivity index is 1.75. The topological polar surface area (TPSA) is 53.4 Å². The number of hydrogen-bond acceptors (Lipinski definition) is 5. The summed E-state index contributed by atoms with van der Waals surface area (Å²) in [6.07, 6.45) is 2.06. The number of halogens is 2. The lowest BCUT2D eigenvalue weighted by atomic mass is 9.85. The van der Waals surface area contributed by atoms with Crippen LogP contribution in [-0.2, 0) is 17.8 Å². The van der Waals surface area contributed by atoms with Gasteiger partial charge in [-0.2, -0.15) is 0 Å². The van der Waals surface area contributed by atoms with Crippen molar-refractivity contribution in [3.63, 3.8) is 0 Å². The summed E-state index contributed by atoms with van der Waals surface area (Å²) in [5, 5.41) is 11.6. The smallest absolute Gasteiger partial charge is 0.305 e. The van der Waals surface area contributed by atoms with Crippen LogP contribution in [0.4, 0.5) is 13.9 Å². The minimum atomic E-state index is -2.61. The Kier molecular flexibility index (Phi) is 6.47. The number of carboxylic acid groups (broad SMARTS) is 1. The number of rotatable bonds is 8. The molecule has 1 atom stereocenters. The van der Waals surface area contributed by atoms with Gasteiger partial charge in [-0.1, -0.05) is 6.92 Å². The van der Waals surface area contributed by atoms with E-state index < -0.39 is 11.9 Å². The number of thiazole rings is 1. The molecule has 1 N–H and O–H groups in total. The largest absolute Gasteiger partial charge is 0.481 e. The minimum Gasteiger partial charge on any atom is -0.481 e. The Bertz CT molecular complexity index is 775. The molecule has 4 nitrogen and oxygen atoms in total. The standard InChI is InChI=1S/C19H24F2N2O2S2/c1-2-14-5-6-15(27-14)11-23(9-7-17(24)25)18-22-16(12-26-18)13-4-3-8-19(20,21)10-13/h5-6,12-13H,2-4,7-11H2,1H3,(H,24,25). The van der Waals surface area contributed by atoms with Crippen molar-refractivity contribution in [2.75, 3.05) is 11.4 Å². The number of alkyl halides is 2. The molecule has 2 heterocycles. The number of aryl methyl sites for hydroxylation is 1. The zero-order chi connectivity index (χ0) is 19.4. The molecule has 148 valence electrons. The van der Waals surface area contributed by atoms with E-state index in [4.69, 9.17) is 5.11 Å². The summed E-state index contributed by atoms with van der Waals surface area (Å²) in [5.41, 5.74) is 0.718. The Hall–Kier alpha value is -1.54. The molecule has 1 aliphatic rings. The fraction of sp³-hybridized carbons (Fsp3) is 0.579. The zero-order valence-electron chi connectivity index (χ0n) is 15.3. The Morgan fingerprint density at radius 2 is 2.19 bits per heavy atom. The SMILES string of the molecule is CCc1ccc(CN(CCC(=O)O)c2nc(C3CCCC(F)(F)C3)cs2)s1. The third-order valence-electron chi connectivity index (χ3n) is 4.85. The van der Waals surface area contributed by atoms with Gasteiger partial charge < -0.3 is 10.0 Å². The van der Waals surface area contributed by atoms with Crippen LogP contribution in [0.25, 0.3) is 0 Å². The molecule has 2 aromatic rings.